The van der Waals surface area contributed by atoms with Gasteiger partial charge in [0.2, 0.25) is 11.8 Å². The largest absolute Gasteiger partial charge is 0.342 e. The molecular formula is C21H30N2O2. The third-order valence-electron chi connectivity index (χ3n) is 5.60. The number of rotatable bonds is 2. The third kappa shape index (κ3) is 4.23. The standard InChI is InChI=1S/C21H30N2O2/c1-21(2,3)20(25)23-12-9-17-13-19(24)22(11-10-18(17)15-23)14-16-7-5-4-6-8-16/h4-8,17-18H,9-15H2,1-3H3. The lowest BCUT2D eigenvalue weighted by Crippen LogP contribution is -2.47. The number of fused-ring (bicyclic) bond motifs is 1. The molecule has 25 heavy (non-hydrogen) atoms. The predicted octanol–water partition coefficient (Wildman–Crippen LogP) is 3.32. The predicted molar refractivity (Wildman–Crippen MR) is 98.7 cm³/mol. The first-order valence-electron chi connectivity index (χ1n) is 9.45. The fourth-order valence-electron chi connectivity index (χ4n) is 4.11. The number of carbonyl (C=O) groups excluding carboxylic acids is 2. The summed E-state index contributed by atoms with van der Waals surface area (Å²) in [4.78, 5) is 29.3. The van der Waals surface area contributed by atoms with Gasteiger partial charge in [-0.3, -0.25) is 9.59 Å². The zero-order chi connectivity index (χ0) is 18.0. The summed E-state index contributed by atoms with van der Waals surface area (Å²) in [6.07, 6.45) is 2.59. The van der Waals surface area contributed by atoms with E-state index >= 15 is 0 Å². The van der Waals surface area contributed by atoms with E-state index in [9.17, 15) is 9.59 Å². The zero-order valence-electron chi connectivity index (χ0n) is 15.7. The van der Waals surface area contributed by atoms with Crippen molar-refractivity contribution in [3.63, 3.8) is 0 Å². The molecule has 2 aliphatic rings. The SMILES string of the molecule is CC(C)(C)C(=O)N1CCC2CC(=O)N(Cc3ccccc3)CCC2C1. The van der Waals surface area contributed by atoms with Crippen LogP contribution in [0.1, 0.15) is 45.6 Å². The lowest BCUT2D eigenvalue weighted by molar-refractivity contribution is -0.142. The highest BCUT2D eigenvalue weighted by Gasteiger charge is 2.38. The van der Waals surface area contributed by atoms with Crippen molar-refractivity contribution in [1.82, 2.24) is 9.80 Å². The molecule has 4 heteroatoms. The number of amides is 2. The Hall–Kier alpha value is -1.84. The summed E-state index contributed by atoms with van der Waals surface area (Å²) in [5.74, 6) is 1.39. The molecule has 0 aliphatic carbocycles. The average molecular weight is 342 g/mol. The maximum absolute atomic E-state index is 12.7. The minimum atomic E-state index is -0.327. The van der Waals surface area contributed by atoms with Crippen LogP contribution in [0.4, 0.5) is 0 Å². The smallest absolute Gasteiger partial charge is 0.227 e. The van der Waals surface area contributed by atoms with Crippen LogP contribution < -0.4 is 0 Å². The number of hydrogen-bond donors (Lipinski definition) is 0. The zero-order valence-corrected chi connectivity index (χ0v) is 15.7. The van der Waals surface area contributed by atoms with Crippen LogP contribution in [0.25, 0.3) is 0 Å². The molecule has 2 heterocycles. The van der Waals surface area contributed by atoms with Crippen LogP contribution >= 0.6 is 0 Å². The van der Waals surface area contributed by atoms with Gasteiger partial charge in [0.05, 0.1) is 0 Å². The number of likely N-dealkylation sites (tertiary alicyclic amines) is 2. The Bertz CT molecular complexity index is 621. The average Bonchev–Trinajstić information content (AvgIpc) is 2.73. The summed E-state index contributed by atoms with van der Waals surface area (Å²) in [5.41, 5.74) is 0.859. The van der Waals surface area contributed by atoms with Crippen molar-refractivity contribution in [2.75, 3.05) is 19.6 Å². The highest BCUT2D eigenvalue weighted by atomic mass is 16.2. The Morgan fingerprint density at radius 2 is 1.76 bits per heavy atom. The monoisotopic (exact) mass is 342 g/mol. The maximum Gasteiger partial charge on any atom is 0.227 e. The van der Waals surface area contributed by atoms with Crippen LogP contribution in [-0.4, -0.2) is 41.2 Å². The van der Waals surface area contributed by atoms with Crippen molar-refractivity contribution in [3.8, 4) is 0 Å². The highest BCUT2D eigenvalue weighted by Crippen LogP contribution is 2.34. The Morgan fingerprint density at radius 3 is 2.44 bits per heavy atom. The van der Waals surface area contributed by atoms with Crippen LogP contribution in [0.3, 0.4) is 0 Å². The molecule has 136 valence electrons. The molecule has 2 aliphatic heterocycles. The molecule has 1 aromatic carbocycles. The summed E-state index contributed by atoms with van der Waals surface area (Å²) in [6, 6.07) is 10.2. The van der Waals surface area contributed by atoms with Gasteiger partial charge in [0, 0.05) is 38.0 Å². The Balaban J connectivity index is 1.65. The Morgan fingerprint density at radius 1 is 1.08 bits per heavy atom. The molecule has 4 nitrogen and oxygen atoms in total. The van der Waals surface area contributed by atoms with E-state index in [-0.39, 0.29) is 17.2 Å². The van der Waals surface area contributed by atoms with Crippen LogP contribution in [0.15, 0.2) is 30.3 Å². The third-order valence-corrected chi connectivity index (χ3v) is 5.60. The molecule has 0 aromatic heterocycles. The Kier molecular flexibility index (Phi) is 5.16. The lowest BCUT2D eigenvalue weighted by Gasteiger charge is -2.40. The number of benzene rings is 1. The van der Waals surface area contributed by atoms with E-state index in [0.29, 0.717) is 24.8 Å². The van der Waals surface area contributed by atoms with Crippen molar-refractivity contribution >= 4 is 11.8 Å². The van der Waals surface area contributed by atoms with Crippen LogP contribution in [-0.2, 0) is 16.1 Å². The van der Waals surface area contributed by atoms with E-state index in [2.05, 4.69) is 12.1 Å². The van der Waals surface area contributed by atoms with Crippen LogP contribution in [0, 0.1) is 17.3 Å². The van der Waals surface area contributed by atoms with Gasteiger partial charge in [0.15, 0.2) is 0 Å². The highest BCUT2D eigenvalue weighted by molar-refractivity contribution is 5.81. The molecule has 2 saturated heterocycles. The van der Waals surface area contributed by atoms with E-state index in [1.165, 1.54) is 5.56 Å². The topological polar surface area (TPSA) is 40.6 Å². The fourth-order valence-corrected chi connectivity index (χ4v) is 4.11. The number of hydrogen-bond acceptors (Lipinski definition) is 2. The van der Waals surface area contributed by atoms with E-state index in [1.54, 1.807) is 0 Å². The summed E-state index contributed by atoms with van der Waals surface area (Å²) >= 11 is 0. The second kappa shape index (κ2) is 7.19. The molecule has 2 amide bonds. The van der Waals surface area contributed by atoms with Gasteiger partial charge in [-0.1, -0.05) is 51.1 Å². The normalized spacial score (nSPS) is 24.7. The molecule has 3 rings (SSSR count). The van der Waals surface area contributed by atoms with Gasteiger partial charge in [0.25, 0.3) is 0 Å². The van der Waals surface area contributed by atoms with Gasteiger partial charge in [-0.2, -0.15) is 0 Å². The fraction of sp³-hybridized carbons (Fsp3) is 0.619. The minimum Gasteiger partial charge on any atom is -0.342 e. The van der Waals surface area contributed by atoms with Crippen molar-refractivity contribution < 1.29 is 9.59 Å². The van der Waals surface area contributed by atoms with Crippen molar-refractivity contribution in [2.45, 2.75) is 46.6 Å². The van der Waals surface area contributed by atoms with Crippen molar-refractivity contribution in [2.24, 2.45) is 17.3 Å². The molecule has 0 saturated carbocycles. The summed E-state index contributed by atoms with van der Waals surface area (Å²) in [6.45, 7) is 9.06. The van der Waals surface area contributed by atoms with Gasteiger partial charge in [-0.25, -0.2) is 0 Å². The second-order valence-electron chi connectivity index (χ2n) is 8.60. The lowest BCUT2D eigenvalue weighted by atomic mass is 9.81. The Labute approximate surface area is 151 Å². The first-order valence-corrected chi connectivity index (χ1v) is 9.45. The van der Waals surface area contributed by atoms with Gasteiger partial charge in [-0.05, 0) is 30.2 Å². The number of carbonyl (C=O) groups is 2. The molecule has 1 aromatic rings. The van der Waals surface area contributed by atoms with Crippen LogP contribution in [0.2, 0.25) is 0 Å². The van der Waals surface area contributed by atoms with Gasteiger partial charge >= 0.3 is 0 Å². The van der Waals surface area contributed by atoms with E-state index < -0.39 is 0 Å². The van der Waals surface area contributed by atoms with Gasteiger partial charge in [0.1, 0.15) is 0 Å². The number of piperidine rings is 1. The van der Waals surface area contributed by atoms with E-state index in [4.69, 9.17) is 0 Å². The first kappa shape index (κ1) is 18.0. The summed E-state index contributed by atoms with van der Waals surface area (Å²) < 4.78 is 0. The van der Waals surface area contributed by atoms with Gasteiger partial charge < -0.3 is 9.80 Å². The molecular weight excluding hydrogens is 312 g/mol. The first-order chi connectivity index (χ1) is 11.8. The van der Waals surface area contributed by atoms with E-state index in [0.717, 1.165) is 32.5 Å². The summed E-state index contributed by atoms with van der Waals surface area (Å²) in [5, 5.41) is 0. The number of nitrogens with zero attached hydrogens (tertiary/aromatic N) is 2. The molecule has 2 atom stereocenters. The molecule has 0 radical (unpaired) electrons. The molecule has 2 fully saturated rings. The summed E-state index contributed by atoms with van der Waals surface area (Å²) in [7, 11) is 0. The minimum absolute atomic E-state index is 0.239. The van der Waals surface area contributed by atoms with Crippen molar-refractivity contribution in [3.05, 3.63) is 35.9 Å². The van der Waals surface area contributed by atoms with Crippen LogP contribution in [0.5, 0.6) is 0 Å². The van der Waals surface area contributed by atoms with E-state index in [1.807, 2.05) is 48.8 Å². The van der Waals surface area contributed by atoms with Gasteiger partial charge in [-0.15, -0.1) is 0 Å². The second-order valence-corrected chi connectivity index (χ2v) is 8.60. The maximum atomic E-state index is 12.7. The van der Waals surface area contributed by atoms with Crippen molar-refractivity contribution in [1.29, 1.82) is 0 Å². The molecule has 2 unspecified atom stereocenters. The quantitative estimate of drug-likeness (QED) is 0.827. The molecule has 0 spiro atoms. The molecule has 0 N–H and O–H groups in total. The molecule has 0 bridgehead atoms.